The zero-order valence-corrected chi connectivity index (χ0v) is 27.9. The molecule has 13 nitrogen and oxygen atoms in total. The van der Waals surface area contributed by atoms with Gasteiger partial charge < -0.3 is 33.2 Å². The maximum Gasteiger partial charge on any atom is 0.509 e. The highest BCUT2D eigenvalue weighted by atomic mass is 16.7. The normalized spacial score (nSPS) is 17.9. The van der Waals surface area contributed by atoms with E-state index in [1.54, 1.807) is 60.3 Å². The minimum atomic E-state index is -1.06. The van der Waals surface area contributed by atoms with E-state index in [1.165, 1.54) is 11.3 Å². The minimum absolute atomic E-state index is 0.0835. The number of likely N-dealkylation sites (tertiary alicyclic amines) is 1. The van der Waals surface area contributed by atoms with E-state index in [2.05, 4.69) is 15.3 Å². The van der Waals surface area contributed by atoms with Gasteiger partial charge in [-0.3, -0.25) is 4.90 Å². The number of carbonyl (C=O) groups excluding carboxylic acids is 3. The summed E-state index contributed by atoms with van der Waals surface area (Å²) in [5, 5.41) is 2.79. The molecular formula is C35H41N5O8. The van der Waals surface area contributed by atoms with Gasteiger partial charge in [0.1, 0.15) is 11.2 Å². The van der Waals surface area contributed by atoms with Gasteiger partial charge in [0.15, 0.2) is 24.4 Å². The maximum absolute atomic E-state index is 13.6. The predicted octanol–water partition coefficient (Wildman–Crippen LogP) is 6.30. The molecule has 1 fully saturated rings. The van der Waals surface area contributed by atoms with Gasteiger partial charge in [0.25, 0.3) is 0 Å². The summed E-state index contributed by atoms with van der Waals surface area (Å²) in [5.74, 6) is 0.608. The molecule has 0 bridgehead atoms. The molecule has 2 aromatic carbocycles. The molecule has 4 aromatic rings. The lowest BCUT2D eigenvalue weighted by molar-refractivity contribution is -0.0518. The second-order valence-corrected chi connectivity index (χ2v) is 13.5. The van der Waals surface area contributed by atoms with E-state index in [4.69, 9.17) is 23.4 Å². The summed E-state index contributed by atoms with van der Waals surface area (Å²) in [6.07, 6.45) is 4.00. The van der Waals surface area contributed by atoms with Crippen molar-refractivity contribution in [3.8, 4) is 17.0 Å². The van der Waals surface area contributed by atoms with Crippen LogP contribution >= 0.6 is 0 Å². The molecular weight excluding hydrogens is 618 g/mol. The molecule has 5 rings (SSSR count). The zero-order chi connectivity index (χ0) is 34.5. The number of amides is 2. The van der Waals surface area contributed by atoms with Crippen molar-refractivity contribution in [2.75, 3.05) is 6.54 Å². The fourth-order valence-electron chi connectivity index (χ4n) is 5.25. The number of carbonyl (C=O) groups is 3. The molecule has 0 saturated carbocycles. The van der Waals surface area contributed by atoms with E-state index in [1.807, 2.05) is 59.3 Å². The van der Waals surface area contributed by atoms with Gasteiger partial charge in [-0.1, -0.05) is 36.4 Å². The highest BCUT2D eigenvalue weighted by molar-refractivity contribution is 5.71. The molecule has 1 aliphatic rings. The monoisotopic (exact) mass is 659 g/mol. The van der Waals surface area contributed by atoms with Crippen molar-refractivity contribution in [2.45, 2.75) is 84.0 Å². The Balaban J connectivity index is 1.39. The Kier molecular flexibility index (Phi) is 10.1. The van der Waals surface area contributed by atoms with Crippen LogP contribution in [0.3, 0.4) is 0 Å². The van der Waals surface area contributed by atoms with E-state index in [0.717, 1.165) is 22.4 Å². The first-order chi connectivity index (χ1) is 22.7. The van der Waals surface area contributed by atoms with Crippen LogP contribution < -0.4 is 5.32 Å². The average molecular weight is 660 g/mol. The summed E-state index contributed by atoms with van der Waals surface area (Å²) < 4.78 is 30.1. The van der Waals surface area contributed by atoms with Gasteiger partial charge in [0.05, 0.1) is 25.1 Å². The number of hydrogen-bond acceptors (Lipinski definition) is 10. The van der Waals surface area contributed by atoms with Crippen molar-refractivity contribution in [3.05, 3.63) is 91.0 Å². The lowest BCUT2D eigenvalue weighted by Crippen LogP contribution is -2.46. The Morgan fingerprint density at radius 3 is 2.33 bits per heavy atom. The van der Waals surface area contributed by atoms with Gasteiger partial charge in [0.2, 0.25) is 0 Å². The number of aromatic nitrogens is 3. The van der Waals surface area contributed by atoms with Crippen LogP contribution in [-0.4, -0.2) is 73.8 Å². The average Bonchev–Trinajstić information content (AvgIpc) is 3.79. The number of benzene rings is 2. The quantitative estimate of drug-likeness (QED) is 0.169. The molecule has 3 atom stereocenters. The van der Waals surface area contributed by atoms with Crippen LogP contribution in [0.4, 0.5) is 14.4 Å². The van der Waals surface area contributed by atoms with Crippen LogP contribution in [0.15, 0.2) is 84.3 Å². The molecule has 2 amide bonds. The third-order valence-electron chi connectivity index (χ3n) is 7.30. The molecule has 1 N–H and O–H groups in total. The number of oxazole rings is 1. The van der Waals surface area contributed by atoms with Crippen LogP contribution in [0.1, 0.15) is 52.7 Å². The first-order valence-electron chi connectivity index (χ1n) is 15.6. The Morgan fingerprint density at radius 2 is 1.69 bits per heavy atom. The van der Waals surface area contributed by atoms with E-state index >= 15 is 0 Å². The van der Waals surface area contributed by atoms with E-state index in [9.17, 15) is 14.4 Å². The molecule has 254 valence electrons. The second-order valence-electron chi connectivity index (χ2n) is 13.5. The number of ether oxygens (including phenoxy) is 4. The Bertz CT molecular complexity index is 1670. The van der Waals surface area contributed by atoms with E-state index in [-0.39, 0.29) is 19.5 Å². The number of rotatable bonds is 8. The smallest absolute Gasteiger partial charge is 0.444 e. The molecule has 1 saturated heterocycles. The molecule has 0 aliphatic carbocycles. The summed E-state index contributed by atoms with van der Waals surface area (Å²) in [5.41, 5.74) is 1.73. The molecule has 0 radical (unpaired) electrons. The van der Waals surface area contributed by atoms with Gasteiger partial charge in [-0.05, 0) is 71.2 Å². The number of imidazole rings is 1. The molecule has 48 heavy (non-hydrogen) atoms. The van der Waals surface area contributed by atoms with Crippen LogP contribution in [-0.2, 0) is 31.9 Å². The van der Waals surface area contributed by atoms with E-state index < -0.39 is 47.8 Å². The molecule has 3 heterocycles. The third-order valence-corrected chi connectivity index (χ3v) is 7.30. The van der Waals surface area contributed by atoms with Crippen molar-refractivity contribution in [2.24, 2.45) is 0 Å². The highest BCUT2D eigenvalue weighted by Gasteiger charge is 2.50. The van der Waals surface area contributed by atoms with Crippen molar-refractivity contribution < 1.29 is 37.7 Å². The molecule has 13 heteroatoms. The molecule has 1 aliphatic heterocycles. The maximum atomic E-state index is 13.6. The van der Waals surface area contributed by atoms with Gasteiger partial charge >= 0.3 is 18.3 Å². The lowest BCUT2D eigenvalue weighted by atomic mass is 9.99. The fraction of sp³-hybridized carbons (Fsp3) is 0.400. The minimum Gasteiger partial charge on any atom is -0.444 e. The standard InChI is InChI=1S/C35H41N5O8/c1-34(2,3)47-32(42)40-20-29(45-33(43)48-35(4,5)6)30(27(40)17-23-10-12-25(13-11-23)28-19-37-22-44-28)46-31(41)38-18-24-8-7-9-26(16-24)39-15-14-36-21-39/h7-16,19,21-22,27,29-30H,17-18,20H2,1-6H3,(H,38,41)/t27-,29+,30+/m1/s1. The molecule has 0 unspecified atom stereocenters. The third kappa shape index (κ3) is 9.14. The van der Waals surface area contributed by atoms with Crippen LogP contribution in [0.2, 0.25) is 0 Å². The Morgan fingerprint density at radius 1 is 0.938 bits per heavy atom. The Labute approximate surface area is 279 Å². The lowest BCUT2D eigenvalue weighted by Gasteiger charge is -2.30. The van der Waals surface area contributed by atoms with Gasteiger partial charge in [-0.15, -0.1) is 0 Å². The molecule has 2 aromatic heterocycles. The number of alkyl carbamates (subject to hydrolysis) is 1. The summed E-state index contributed by atoms with van der Waals surface area (Å²) in [6.45, 7) is 10.5. The number of nitrogens with one attached hydrogen (secondary N) is 1. The van der Waals surface area contributed by atoms with E-state index in [0.29, 0.717) is 5.76 Å². The summed E-state index contributed by atoms with van der Waals surface area (Å²) >= 11 is 0. The SMILES string of the molecule is CC(C)(C)OC(=O)O[C@H]1CN(C(=O)OC(C)(C)C)[C@H](Cc2ccc(-c3cnco3)cc2)[C@@H]1OC(=O)NCc1cccc(-n2ccnc2)c1. The molecule has 0 spiro atoms. The van der Waals surface area contributed by atoms with Crippen molar-refractivity contribution in [1.82, 2.24) is 24.8 Å². The number of nitrogens with zero attached hydrogens (tertiary/aromatic N) is 4. The number of hydrogen-bond donors (Lipinski definition) is 1. The first kappa shape index (κ1) is 34.0. The van der Waals surface area contributed by atoms with Gasteiger partial charge in [0, 0.05) is 30.2 Å². The predicted molar refractivity (Wildman–Crippen MR) is 174 cm³/mol. The van der Waals surface area contributed by atoms with Crippen LogP contribution in [0, 0.1) is 0 Å². The first-order valence-corrected chi connectivity index (χ1v) is 15.6. The summed E-state index contributed by atoms with van der Waals surface area (Å²) in [6, 6.07) is 14.4. The van der Waals surface area contributed by atoms with Crippen molar-refractivity contribution in [3.63, 3.8) is 0 Å². The summed E-state index contributed by atoms with van der Waals surface area (Å²) in [4.78, 5) is 49.3. The second kappa shape index (κ2) is 14.2. The van der Waals surface area contributed by atoms with Crippen molar-refractivity contribution >= 4 is 18.3 Å². The topological polar surface area (TPSA) is 147 Å². The van der Waals surface area contributed by atoms with Crippen molar-refractivity contribution in [1.29, 1.82) is 0 Å². The largest absolute Gasteiger partial charge is 0.509 e. The highest BCUT2D eigenvalue weighted by Crippen LogP contribution is 2.30. The van der Waals surface area contributed by atoms with Crippen LogP contribution in [0.25, 0.3) is 17.0 Å². The Hall–Kier alpha value is -5.33. The van der Waals surface area contributed by atoms with Gasteiger partial charge in [-0.25, -0.2) is 24.4 Å². The summed E-state index contributed by atoms with van der Waals surface area (Å²) in [7, 11) is 0. The fourth-order valence-corrected chi connectivity index (χ4v) is 5.25. The van der Waals surface area contributed by atoms with Gasteiger partial charge in [-0.2, -0.15) is 0 Å². The zero-order valence-electron chi connectivity index (χ0n) is 27.9. The van der Waals surface area contributed by atoms with Crippen LogP contribution in [0.5, 0.6) is 0 Å².